The highest BCUT2D eigenvalue weighted by atomic mass is 15.0. The van der Waals surface area contributed by atoms with Crippen molar-refractivity contribution in [2.75, 3.05) is 6.54 Å². The molecule has 0 saturated heterocycles. The molecule has 4 rings (SSSR count). The summed E-state index contributed by atoms with van der Waals surface area (Å²) in [5.74, 6) is 1.36. The molecule has 19 heavy (non-hydrogen) atoms. The van der Waals surface area contributed by atoms with Gasteiger partial charge in [0, 0.05) is 43.4 Å². The number of fused-ring (bicyclic) bond motifs is 1. The van der Waals surface area contributed by atoms with Gasteiger partial charge in [-0.15, -0.1) is 0 Å². The van der Waals surface area contributed by atoms with Crippen LogP contribution in [0, 0.1) is 0 Å². The standard InChI is InChI=1S/C14H15N5/c1-2-9(1)13-10-7-15-4-3-11(10)18-14(19-13)12-8-16-5-6-17-12/h5-6,8-9,15H,1-4,7H2. The Morgan fingerprint density at radius 2 is 2.11 bits per heavy atom. The van der Waals surface area contributed by atoms with Gasteiger partial charge in [0.1, 0.15) is 5.69 Å². The summed E-state index contributed by atoms with van der Waals surface area (Å²) in [5, 5.41) is 3.42. The van der Waals surface area contributed by atoms with Crippen molar-refractivity contribution < 1.29 is 0 Å². The quantitative estimate of drug-likeness (QED) is 0.877. The third-order valence-electron chi connectivity index (χ3n) is 3.72. The largest absolute Gasteiger partial charge is 0.312 e. The first kappa shape index (κ1) is 11.0. The Bertz CT molecular complexity index is 607. The number of nitrogens with zero attached hydrogens (tertiary/aromatic N) is 4. The predicted octanol–water partition coefficient (Wildman–Crippen LogP) is 1.46. The summed E-state index contributed by atoms with van der Waals surface area (Å²) in [7, 11) is 0. The maximum absolute atomic E-state index is 4.76. The Kier molecular flexibility index (Phi) is 2.51. The molecule has 0 unspecified atom stereocenters. The molecule has 0 radical (unpaired) electrons. The maximum Gasteiger partial charge on any atom is 0.180 e. The molecule has 3 heterocycles. The molecule has 1 aliphatic heterocycles. The van der Waals surface area contributed by atoms with Gasteiger partial charge in [-0.25, -0.2) is 15.0 Å². The molecule has 1 aliphatic carbocycles. The Hall–Kier alpha value is -1.88. The van der Waals surface area contributed by atoms with Gasteiger partial charge in [-0.1, -0.05) is 0 Å². The molecule has 5 heteroatoms. The lowest BCUT2D eigenvalue weighted by atomic mass is 10.0. The van der Waals surface area contributed by atoms with Gasteiger partial charge < -0.3 is 5.32 Å². The van der Waals surface area contributed by atoms with E-state index in [1.807, 2.05) is 0 Å². The van der Waals surface area contributed by atoms with Crippen LogP contribution in [0.3, 0.4) is 0 Å². The van der Waals surface area contributed by atoms with E-state index in [1.165, 1.54) is 29.8 Å². The summed E-state index contributed by atoms with van der Waals surface area (Å²) in [6, 6.07) is 0. The summed E-state index contributed by atoms with van der Waals surface area (Å²) in [6.45, 7) is 1.90. The van der Waals surface area contributed by atoms with Gasteiger partial charge in [0.15, 0.2) is 5.82 Å². The number of hydrogen-bond donors (Lipinski definition) is 1. The van der Waals surface area contributed by atoms with Gasteiger partial charge in [-0.05, 0) is 12.8 Å². The zero-order chi connectivity index (χ0) is 12.7. The molecule has 0 bridgehead atoms. The highest BCUT2D eigenvalue weighted by Gasteiger charge is 2.30. The van der Waals surface area contributed by atoms with Crippen LogP contribution in [0.15, 0.2) is 18.6 Å². The van der Waals surface area contributed by atoms with Crippen molar-refractivity contribution in [2.24, 2.45) is 0 Å². The first-order chi connectivity index (χ1) is 9.42. The first-order valence-corrected chi connectivity index (χ1v) is 6.78. The Balaban J connectivity index is 1.86. The van der Waals surface area contributed by atoms with E-state index >= 15 is 0 Å². The molecule has 2 aliphatic rings. The number of aromatic nitrogens is 4. The molecule has 0 spiro atoms. The van der Waals surface area contributed by atoms with Crippen LogP contribution in [0.5, 0.6) is 0 Å². The summed E-state index contributed by atoms with van der Waals surface area (Å²) in [6.07, 6.45) is 8.58. The van der Waals surface area contributed by atoms with Gasteiger partial charge in [-0.2, -0.15) is 0 Å². The van der Waals surface area contributed by atoms with Gasteiger partial charge in [-0.3, -0.25) is 4.98 Å². The highest BCUT2D eigenvalue weighted by Crippen LogP contribution is 2.42. The monoisotopic (exact) mass is 253 g/mol. The fraction of sp³-hybridized carbons (Fsp3) is 0.429. The summed E-state index contributed by atoms with van der Waals surface area (Å²) in [4.78, 5) is 17.9. The zero-order valence-electron chi connectivity index (χ0n) is 10.6. The van der Waals surface area contributed by atoms with Crippen LogP contribution in [0.25, 0.3) is 11.5 Å². The molecular weight excluding hydrogens is 238 g/mol. The zero-order valence-corrected chi connectivity index (χ0v) is 10.6. The molecule has 1 saturated carbocycles. The molecule has 5 nitrogen and oxygen atoms in total. The van der Waals surface area contributed by atoms with Gasteiger partial charge in [0.2, 0.25) is 0 Å². The molecule has 1 fully saturated rings. The van der Waals surface area contributed by atoms with E-state index in [2.05, 4.69) is 15.3 Å². The van der Waals surface area contributed by atoms with Gasteiger partial charge >= 0.3 is 0 Å². The SMILES string of the molecule is c1cnc(-c2nc3c(c(C4CC4)n2)CNCC3)cn1. The maximum atomic E-state index is 4.76. The van der Waals surface area contributed by atoms with Crippen LogP contribution in [0.4, 0.5) is 0 Å². The summed E-state index contributed by atoms with van der Waals surface area (Å²) < 4.78 is 0. The molecule has 96 valence electrons. The van der Waals surface area contributed by atoms with E-state index in [-0.39, 0.29) is 0 Å². The van der Waals surface area contributed by atoms with Crippen molar-refractivity contribution >= 4 is 0 Å². The first-order valence-electron chi connectivity index (χ1n) is 6.78. The highest BCUT2D eigenvalue weighted by molar-refractivity contribution is 5.50. The Labute approximate surface area is 111 Å². The minimum absolute atomic E-state index is 0.632. The second-order valence-corrected chi connectivity index (χ2v) is 5.15. The minimum Gasteiger partial charge on any atom is -0.312 e. The normalized spacial score (nSPS) is 18.1. The average Bonchev–Trinajstić information content (AvgIpc) is 3.32. The molecule has 0 amide bonds. The minimum atomic E-state index is 0.632. The van der Waals surface area contributed by atoms with Crippen molar-refractivity contribution in [3.8, 4) is 11.5 Å². The van der Waals surface area contributed by atoms with Crippen LogP contribution in [-0.4, -0.2) is 26.5 Å². The van der Waals surface area contributed by atoms with Crippen LogP contribution in [0.1, 0.15) is 35.7 Å². The fourth-order valence-corrected chi connectivity index (χ4v) is 2.59. The van der Waals surface area contributed by atoms with Crippen LogP contribution < -0.4 is 5.32 Å². The van der Waals surface area contributed by atoms with E-state index < -0.39 is 0 Å². The lowest BCUT2D eigenvalue weighted by Crippen LogP contribution is -2.26. The van der Waals surface area contributed by atoms with E-state index in [1.54, 1.807) is 18.6 Å². The summed E-state index contributed by atoms with van der Waals surface area (Å²) >= 11 is 0. The van der Waals surface area contributed by atoms with Crippen LogP contribution >= 0.6 is 0 Å². The van der Waals surface area contributed by atoms with Gasteiger partial charge in [0.05, 0.1) is 17.6 Å². The van der Waals surface area contributed by atoms with Crippen LogP contribution in [-0.2, 0) is 13.0 Å². The molecule has 2 aromatic rings. The van der Waals surface area contributed by atoms with Crippen molar-refractivity contribution in [1.29, 1.82) is 0 Å². The van der Waals surface area contributed by atoms with Crippen molar-refractivity contribution in [2.45, 2.75) is 31.7 Å². The Morgan fingerprint density at radius 3 is 2.89 bits per heavy atom. The van der Waals surface area contributed by atoms with Crippen molar-refractivity contribution in [1.82, 2.24) is 25.3 Å². The van der Waals surface area contributed by atoms with E-state index in [0.29, 0.717) is 5.92 Å². The molecule has 0 atom stereocenters. The van der Waals surface area contributed by atoms with E-state index in [0.717, 1.165) is 31.0 Å². The number of nitrogens with one attached hydrogen (secondary N) is 1. The fourth-order valence-electron chi connectivity index (χ4n) is 2.59. The molecular formula is C14H15N5. The molecule has 0 aromatic carbocycles. The van der Waals surface area contributed by atoms with E-state index in [4.69, 9.17) is 9.97 Å². The topological polar surface area (TPSA) is 63.6 Å². The summed E-state index contributed by atoms with van der Waals surface area (Å²) in [5.41, 5.74) is 4.52. The molecule has 2 aromatic heterocycles. The smallest absolute Gasteiger partial charge is 0.180 e. The lowest BCUT2D eigenvalue weighted by molar-refractivity contribution is 0.617. The number of hydrogen-bond acceptors (Lipinski definition) is 5. The van der Waals surface area contributed by atoms with Crippen LogP contribution in [0.2, 0.25) is 0 Å². The third-order valence-corrected chi connectivity index (χ3v) is 3.72. The average molecular weight is 253 g/mol. The molecule has 1 N–H and O–H groups in total. The third kappa shape index (κ3) is 2.00. The second kappa shape index (κ2) is 4.35. The van der Waals surface area contributed by atoms with Gasteiger partial charge in [0.25, 0.3) is 0 Å². The van der Waals surface area contributed by atoms with Crippen molar-refractivity contribution in [3.05, 3.63) is 35.5 Å². The second-order valence-electron chi connectivity index (χ2n) is 5.15. The Morgan fingerprint density at radius 1 is 1.16 bits per heavy atom. The van der Waals surface area contributed by atoms with E-state index in [9.17, 15) is 0 Å². The number of rotatable bonds is 2. The predicted molar refractivity (Wildman–Crippen MR) is 70.4 cm³/mol. The lowest BCUT2D eigenvalue weighted by Gasteiger charge is -2.19. The van der Waals surface area contributed by atoms with Crippen molar-refractivity contribution in [3.63, 3.8) is 0 Å².